The van der Waals surface area contributed by atoms with Crippen LogP contribution in [0.2, 0.25) is 0 Å². The second-order valence-electron chi connectivity index (χ2n) is 5.15. The van der Waals surface area contributed by atoms with Crippen molar-refractivity contribution in [2.45, 2.75) is 19.6 Å². The molecule has 0 aliphatic rings. The SMILES string of the molecule is C[C@@H](Oc1nn(C)c2ccc(Br)cc12)C(=O)NCc1ccco1. The van der Waals surface area contributed by atoms with E-state index in [1.807, 2.05) is 25.2 Å². The van der Waals surface area contributed by atoms with Crippen LogP contribution in [0.1, 0.15) is 12.7 Å². The molecule has 3 rings (SSSR count). The van der Waals surface area contributed by atoms with Crippen LogP contribution in [0.15, 0.2) is 45.5 Å². The largest absolute Gasteiger partial charge is 0.467 e. The monoisotopic (exact) mass is 377 g/mol. The van der Waals surface area contributed by atoms with Crippen LogP contribution in [0.5, 0.6) is 5.88 Å². The summed E-state index contributed by atoms with van der Waals surface area (Å²) in [6.07, 6.45) is 0.904. The molecule has 0 saturated carbocycles. The van der Waals surface area contributed by atoms with Gasteiger partial charge >= 0.3 is 0 Å². The molecule has 0 aliphatic heterocycles. The van der Waals surface area contributed by atoms with E-state index in [9.17, 15) is 4.79 Å². The van der Waals surface area contributed by atoms with Gasteiger partial charge in [-0.1, -0.05) is 15.9 Å². The molecule has 0 bridgehead atoms. The third-order valence-electron chi connectivity index (χ3n) is 3.45. The first-order valence-corrected chi connectivity index (χ1v) is 7.93. The summed E-state index contributed by atoms with van der Waals surface area (Å²) in [5.41, 5.74) is 0.936. The Hall–Kier alpha value is -2.28. The Morgan fingerprint density at radius 3 is 3.04 bits per heavy atom. The molecule has 0 spiro atoms. The first-order valence-electron chi connectivity index (χ1n) is 7.13. The molecule has 0 saturated heterocycles. The van der Waals surface area contributed by atoms with Crippen molar-refractivity contribution >= 4 is 32.7 Å². The predicted molar refractivity (Wildman–Crippen MR) is 89.1 cm³/mol. The van der Waals surface area contributed by atoms with Crippen LogP contribution in [0.25, 0.3) is 10.9 Å². The van der Waals surface area contributed by atoms with E-state index < -0.39 is 6.10 Å². The third-order valence-corrected chi connectivity index (χ3v) is 3.95. The Balaban J connectivity index is 1.71. The summed E-state index contributed by atoms with van der Waals surface area (Å²) in [6, 6.07) is 9.38. The number of carbonyl (C=O) groups is 1. The van der Waals surface area contributed by atoms with Crippen molar-refractivity contribution in [3.8, 4) is 5.88 Å². The molecule has 1 amide bonds. The van der Waals surface area contributed by atoms with E-state index in [0.29, 0.717) is 18.2 Å². The molecule has 120 valence electrons. The van der Waals surface area contributed by atoms with Gasteiger partial charge in [0.15, 0.2) is 6.10 Å². The number of carbonyl (C=O) groups excluding carboxylic acids is 1. The van der Waals surface area contributed by atoms with E-state index in [1.54, 1.807) is 30.0 Å². The van der Waals surface area contributed by atoms with E-state index >= 15 is 0 Å². The van der Waals surface area contributed by atoms with Crippen molar-refractivity contribution in [3.05, 3.63) is 46.8 Å². The molecule has 0 fully saturated rings. The van der Waals surface area contributed by atoms with E-state index in [-0.39, 0.29) is 5.91 Å². The zero-order valence-electron chi connectivity index (χ0n) is 12.7. The summed E-state index contributed by atoms with van der Waals surface area (Å²) in [4.78, 5) is 12.1. The second kappa shape index (κ2) is 6.45. The molecule has 2 aromatic heterocycles. The standard InChI is InChI=1S/C16H16BrN3O3/c1-10(15(21)18-9-12-4-3-7-22-12)23-16-13-8-11(17)5-6-14(13)20(2)19-16/h3-8,10H,9H2,1-2H3,(H,18,21)/t10-/m1/s1. The number of fused-ring (bicyclic) bond motifs is 1. The highest BCUT2D eigenvalue weighted by atomic mass is 79.9. The minimum atomic E-state index is -0.665. The summed E-state index contributed by atoms with van der Waals surface area (Å²) < 4.78 is 13.6. The normalized spacial score (nSPS) is 12.3. The molecule has 1 atom stereocenters. The van der Waals surface area contributed by atoms with Crippen LogP contribution in [-0.4, -0.2) is 21.8 Å². The number of rotatable bonds is 5. The topological polar surface area (TPSA) is 69.3 Å². The average molecular weight is 378 g/mol. The molecular weight excluding hydrogens is 362 g/mol. The molecule has 23 heavy (non-hydrogen) atoms. The van der Waals surface area contributed by atoms with Crippen molar-refractivity contribution < 1.29 is 13.9 Å². The lowest BCUT2D eigenvalue weighted by atomic mass is 10.2. The fourth-order valence-corrected chi connectivity index (χ4v) is 2.61. The first-order chi connectivity index (χ1) is 11.0. The van der Waals surface area contributed by atoms with Crippen molar-refractivity contribution in [2.24, 2.45) is 7.05 Å². The summed E-state index contributed by atoms with van der Waals surface area (Å²) in [6.45, 7) is 2.02. The number of aryl methyl sites for hydroxylation is 1. The molecule has 7 heteroatoms. The van der Waals surface area contributed by atoms with Gasteiger partial charge in [-0.25, -0.2) is 0 Å². The Labute approximate surface area is 141 Å². The molecule has 3 aromatic rings. The van der Waals surface area contributed by atoms with Crippen LogP contribution >= 0.6 is 15.9 Å². The minimum absolute atomic E-state index is 0.227. The number of hydrogen-bond donors (Lipinski definition) is 1. The summed E-state index contributed by atoms with van der Waals surface area (Å²) in [7, 11) is 1.84. The van der Waals surface area contributed by atoms with Gasteiger partial charge in [0.25, 0.3) is 5.91 Å². The highest BCUT2D eigenvalue weighted by Crippen LogP contribution is 2.28. The number of nitrogens with one attached hydrogen (secondary N) is 1. The van der Waals surface area contributed by atoms with Gasteiger partial charge in [0.2, 0.25) is 5.88 Å². The number of furan rings is 1. The van der Waals surface area contributed by atoms with Gasteiger partial charge in [-0.3, -0.25) is 9.48 Å². The van der Waals surface area contributed by atoms with Crippen molar-refractivity contribution in [1.82, 2.24) is 15.1 Å². The van der Waals surface area contributed by atoms with Gasteiger partial charge in [0, 0.05) is 11.5 Å². The Bertz CT molecular complexity index is 827. The van der Waals surface area contributed by atoms with Gasteiger partial charge in [0.05, 0.1) is 23.7 Å². The fourth-order valence-electron chi connectivity index (χ4n) is 2.24. The van der Waals surface area contributed by atoms with Crippen molar-refractivity contribution in [2.75, 3.05) is 0 Å². The third kappa shape index (κ3) is 3.39. The lowest BCUT2D eigenvalue weighted by Crippen LogP contribution is -2.35. The lowest BCUT2D eigenvalue weighted by molar-refractivity contribution is -0.127. The van der Waals surface area contributed by atoms with E-state index in [0.717, 1.165) is 15.4 Å². The van der Waals surface area contributed by atoms with Crippen molar-refractivity contribution in [3.63, 3.8) is 0 Å². The number of nitrogens with zero attached hydrogens (tertiary/aromatic N) is 2. The Kier molecular flexibility index (Phi) is 4.38. The number of halogens is 1. The number of hydrogen-bond acceptors (Lipinski definition) is 4. The summed E-state index contributed by atoms with van der Waals surface area (Å²) in [5.74, 6) is 0.900. The zero-order valence-corrected chi connectivity index (χ0v) is 14.3. The van der Waals surface area contributed by atoms with Crippen molar-refractivity contribution in [1.29, 1.82) is 0 Å². The molecule has 1 N–H and O–H groups in total. The van der Waals surface area contributed by atoms with Gasteiger partial charge < -0.3 is 14.5 Å². The molecule has 0 aliphatic carbocycles. The van der Waals surface area contributed by atoms with E-state index in [2.05, 4.69) is 26.3 Å². The maximum Gasteiger partial charge on any atom is 0.261 e. The number of amides is 1. The van der Waals surface area contributed by atoms with E-state index in [1.165, 1.54) is 0 Å². The molecule has 2 heterocycles. The maximum absolute atomic E-state index is 12.1. The summed E-state index contributed by atoms with van der Waals surface area (Å²) in [5, 5.41) is 7.96. The first kappa shape index (κ1) is 15.6. The lowest BCUT2D eigenvalue weighted by Gasteiger charge is -2.12. The average Bonchev–Trinajstić information content (AvgIpc) is 3.14. The Morgan fingerprint density at radius 1 is 1.48 bits per heavy atom. The minimum Gasteiger partial charge on any atom is -0.467 e. The van der Waals surface area contributed by atoms with Crippen LogP contribution in [0.4, 0.5) is 0 Å². The van der Waals surface area contributed by atoms with Gasteiger partial charge in [0.1, 0.15) is 5.76 Å². The molecular formula is C16H16BrN3O3. The van der Waals surface area contributed by atoms with Crippen LogP contribution in [-0.2, 0) is 18.4 Å². The van der Waals surface area contributed by atoms with E-state index in [4.69, 9.17) is 9.15 Å². The smallest absolute Gasteiger partial charge is 0.261 e. The Morgan fingerprint density at radius 2 is 2.30 bits per heavy atom. The molecule has 0 unspecified atom stereocenters. The van der Waals surface area contributed by atoms with Gasteiger partial charge in [-0.2, -0.15) is 0 Å². The fraction of sp³-hybridized carbons (Fsp3) is 0.250. The van der Waals surface area contributed by atoms with Gasteiger partial charge in [-0.15, -0.1) is 5.10 Å². The molecule has 1 aromatic carbocycles. The number of aromatic nitrogens is 2. The van der Waals surface area contributed by atoms with Crippen LogP contribution < -0.4 is 10.1 Å². The van der Waals surface area contributed by atoms with Crippen LogP contribution in [0, 0.1) is 0 Å². The highest BCUT2D eigenvalue weighted by Gasteiger charge is 2.19. The number of benzene rings is 1. The summed E-state index contributed by atoms with van der Waals surface area (Å²) >= 11 is 3.44. The number of ether oxygens (including phenoxy) is 1. The predicted octanol–water partition coefficient (Wildman–Crippen LogP) is 3.01. The molecule has 0 radical (unpaired) electrons. The van der Waals surface area contributed by atoms with Crippen LogP contribution in [0.3, 0.4) is 0 Å². The second-order valence-corrected chi connectivity index (χ2v) is 6.06. The molecule has 6 nitrogen and oxygen atoms in total. The zero-order chi connectivity index (χ0) is 16.4. The quantitative estimate of drug-likeness (QED) is 0.741. The maximum atomic E-state index is 12.1. The highest BCUT2D eigenvalue weighted by molar-refractivity contribution is 9.10. The van der Waals surface area contributed by atoms with Gasteiger partial charge in [-0.05, 0) is 37.3 Å².